The van der Waals surface area contributed by atoms with Gasteiger partial charge in [0, 0.05) is 18.2 Å². The summed E-state index contributed by atoms with van der Waals surface area (Å²) in [6, 6.07) is 11.5. The van der Waals surface area contributed by atoms with Crippen LogP contribution in [0.4, 0.5) is 5.69 Å². The molecular weight excluding hydrogens is 304 g/mol. The Balaban J connectivity index is 2.29. The van der Waals surface area contributed by atoms with Gasteiger partial charge in [-0.1, -0.05) is 18.2 Å². The SMILES string of the molecule is CC(N)C(=O)c1cccc(-c2nc3ccccc3c(=O)n2C)c1N. The van der Waals surface area contributed by atoms with Crippen LogP contribution < -0.4 is 17.0 Å². The predicted octanol–water partition coefficient (Wildman–Crippen LogP) is 1.71. The molecule has 4 N–H and O–H groups in total. The number of nitrogens with two attached hydrogens (primary N) is 2. The number of hydrogen-bond donors (Lipinski definition) is 2. The number of para-hydroxylation sites is 2. The molecule has 0 aliphatic rings. The van der Waals surface area contributed by atoms with Crippen molar-refractivity contribution in [1.29, 1.82) is 0 Å². The first-order chi connectivity index (χ1) is 11.4. The van der Waals surface area contributed by atoms with E-state index in [0.29, 0.717) is 27.9 Å². The first kappa shape index (κ1) is 15.9. The molecule has 2 aromatic carbocycles. The van der Waals surface area contributed by atoms with Gasteiger partial charge in [0.05, 0.1) is 22.6 Å². The van der Waals surface area contributed by atoms with Crippen molar-refractivity contribution in [3.63, 3.8) is 0 Å². The largest absolute Gasteiger partial charge is 0.398 e. The molecule has 0 aliphatic carbocycles. The Hall–Kier alpha value is -2.99. The van der Waals surface area contributed by atoms with Gasteiger partial charge in [-0.05, 0) is 31.2 Å². The number of hydrogen-bond acceptors (Lipinski definition) is 5. The van der Waals surface area contributed by atoms with E-state index in [1.165, 1.54) is 4.57 Å². The molecule has 0 bridgehead atoms. The van der Waals surface area contributed by atoms with Crippen LogP contribution in [0.3, 0.4) is 0 Å². The zero-order valence-electron chi connectivity index (χ0n) is 13.5. The Morgan fingerprint density at radius 1 is 1.17 bits per heavy atom. The molecule has 0 saturated heterocycles. The lowest BCUT2D eigenvalue weighted by Gasteiger charge is -2.14. The third-order valence-corrected chi connectivity index (χ3v) is 4.01. The Morgan fingerprint density at radius 2 is 1.88 bits per heavy atom. The van der Waals surface area contributed by atoms with Crippen molar-refractivity contribution in [1.82, 2.24) is 9.55 Å². The van der Waals surface area contributed by atoms with Gasteiger partial charge in [0.1, 0.15) is 5.82 Å². The number of fused-ring (bicyclic) bond motifs is 1. The summed E-state index contributed by atoms with van der Waals surface area (Å²) in [5.74, 6) is 0.163. The molecule has 6 nitrogen and oxygen atoms in total. The molecule has 1 atom stereocenters. The molecule has 3 aromatic rings. The number of rotatable bonds is 3. The fraction of sp³-hybridized carbons (Fsp3) is 0.167. The molecule has 0 saturated carbocycles. The molecule has 0 amide bonds. The molecule has 24 heavy (non-hydrogen) atoms. The number of carbonyl (C=O) groups excluding carboxylic acids is 1. The second-order valence-electron chi connectivity index (χ2n) is 5.74. The van der Waals surface area contributed by atoms with Gasteiger partial charge in [-0.2, -0.15) is 0 Å². The molecule has 1 unspecified atom stereocenters. The summed E-state index contributed by atoms with van der Waals surface area (Å²) in [5.41, 5.74) is 13.4. The Bertz CT molecular complexity index is 1010. The van der Waals surface area contributed by atoms with Crippen LogP contribution in [-0.2, 0) is 7.05 Å². The van der Waals surface area contributed by atoms with Crippen molar-refractivity contribution in [2.45, 2.75) is 13.0 Å². The minimum absolute atomic E-state index is 0.168. The van der Waals surface area contributed by atoms with E-state index in [-0.39, 0.29) is 17.0 Å². The van der Waals surface area contributed by atoms with Crippen LogP contribution in [-0.4, -0.2) is 21.4 Å². The normalized spacial score (nSPS) is 12.3. The Morgan fingerprint density at radius 3 is 2.58 bits per heavy atom. The molecule has 6 heteroatoms. The van der Waals surface area contributed by atoms with Gasteiger partial charge in [0.25, 0.3) is 5.56 Å². The summed E-state index contributed by atoms with van der Waals surface area (Å²) >= 11 is 0. The maximum Gasteiger partial charge on any atom is 0.261 e. The summed E-state index contributed by atoms with van der Waals surface area (Å²) in [7, 11) is 1.64. The average Bonchev–Trinajstić information content (AvgIpc) is 2.58. The fourth-order valence-corrected chi connectivity index (χ4v) is 2.68. The standard InChI is InChI=1S/C18H18N4O2/c1-10(19)16(23)12-7-5-8-13(15(12)20)17-21-14-9-4-3-6-11(14)18(24)22(17)2/h3-10H,19-20H2,1-2H3. The van der Waals surface area contributed by atoms with Crippen molar-refractivity contribution in [3.8, 4) is 11.4 Å². The molecule has 0 radical (unpaired) electrons. The van der Waals surface area contributed by atoms with E-state index in [2.05, 4.69) is 4.98 Å². The summed E-state index contributed by atoms with van der Waals surface area (Å²) in [4.78, 5) is 29.3. The van der Waals surface area contributed by atoms with Crippen LogP contribution in [0, 0.1) is 0 Å². The van der Waals surface area contributed by atoms with Gasteiger partial charge in [0.15, 0.2) is 5.78 Å². The zero-order valence-corrected chi connectivity index (χ0v) is 13.5. The van der Waals surface area contributed by atoms with E-state index in [9.17, 15) is 9.59 Å². The second-order valence-corrected chi connectivity index (χ2v) is 5.74. The fourth-order valence-electron chi connectivity index (χ4n) is 2.68. The Kier molecular flexibility index (Phi) is 3.91. The lowest BCUT2D eigenvalue weighted by atomic mass is 10.00. The van der Waals surface area contributed by atoms with Crippen LogP contribution in [0.2, 0.25) is 0 Å². The highest BCUT2D eigenvalue weighted by atomic mass is 16.1. The van der Waals surface area contributed by atoms with E-state index in [1.807, 2.05) is 6.07 Å². The van der Waals surface area contributed by atoms with Gasteiger partial charge in [-0.3, -0.25) is 14.2 Å². The van der Waals surface area contributed by atoms with Gasteiger partial charge < -0.3 is 11.5 Å². The van der Waals surface area contributed by atoms with Gasteiger partial charge in [-0.25, -0.2) is 4.98 Å². The predicted molar refractivity (Wildman–Crippen MR) is 94.8 cm³/mol. The topological polar surface area (TPSA) is 104 Å². The smallest absolute Gasteiger partial charge is 0.261 e. The molecule has 0 spiro atoms. The van der Waals surface area contributed by atoms with E-state index in [4.69, 9.17) is 11.5 Å². The number of carbonyl (C=O) groups is 1. The molecule has 0 fully saturated rings. The van der Waals surface area contributed by atoms with Gasteiger partial charge in [0.2, 0.25) is 0 Å². The van der Waals surface area contributed by atoms with Crippen molar-refractivity contribution >= 4 is 22.4 Å². The molecule has 0 aliphatic heterocycles. The van der Waals surface area contributed by atoms with E-state index >= 15 is 0 Å². The molecule has 3 rings (SSSR count). The number of benzene rings is 2. The van der Waals surface area contributed by atoms with Crippen molar-refractivity contribution in [2.75, 3.05) is 5.73 Å². The first-order valence-electron chi connectivity index (χ1n) is 7.56. The van der Waals surface area contributed by atoms with E-state index in [0.717, 1.165) is 0 Å². The quantitative estimate of drug-likeness (QED) is 0.564. The van der Waals surface area contributed by atoms with Crippen LogP contribution in [0.15, 0.2) is 47.3 Å². The zero-order chi connectivity index (χ0) is 17.4. The number of Topliss-reactive ketones (excluding diaryl/α,β-unsaturated/α-hetero) is 1. The highest BCUT2D eigenvalue weighted by Gasteiger charge is 2.19. The average molecular weight is 322 g/mol. The Labute approximate surface area is 138 Å². The van der Waals surface area contributed by atoms with Crippen molar-refractivity contribution in [3.05, 3.63) is 58.4 Å². The number of nitrogen functional groups attached to an aromatic ring is 1. The van der Waals surface area contributed by atoms with Crippen LogP contribution in [0.1, 0.15) is 17.3 Å². The van der Waals surface area contributed by atoms with Gasteiger partial charge in [-0.15, -0.1) is 0 Å². The minimum Gasteiger partial charge on any atom is -0.398 e. The summed E-state index contributed by atoms with van der Waals surface area (Å²) in [6.07, 6.45) is 0. The number of ketones is 1. The minimum atomic E-state index is -0.657. The van der Waals surface area contributed by atoms with Crippen LogP contribution in [0.25, 0.3) is 22.3 Å². The molecular formula is C18H18N4O2. The summed E-state index contributed by atoms with van der Waals surface area (Å²) < 4.78 is 1.44. The van der Waals surface area contributed by atoms with Crippen LogP contribution in [0.5, 0.6) is 0 Å². The highest BCUT2D eigenvalue weighted by molar-refractivity contribution is 6.06. The summed E-state index contributed by atoms with van der Waals surface area (Å²) in [6.45, 7) is 1.61. The lowest BCUT2D eigenvalue weighted by molar-refractivity contribution is 0.0969. The molecule has 1 heterocycles. The monoisotopic (exact) mass is 322 g/mol. The molecule has 1 aromatic heterocycles. The third kappa shape index (κ3) is 2.47. The first-order valence-corrected chi connectivity index (χ1v) is 7.56. The summed E-state index contributed by atoms with van der Waals surface area (Å²) in [5, 5.41) is 0.533. The number of aromatic nitrogens is 2. The second kappa shape index (κ2) is 5.90. The van der Waals surface area contributed by atoms with E-state index in [1.54, 1.807) is 50.4 Å². The maximum atomic E-state index is 12.6. The van der Waals surface area contributed by atoms with Gasteiger partial charge >= 0.3 is 0 Å². The lowest BCUT2D eigenvalue weighted by Crippen LogP contribution is -2.27. The number of nitrogens with zero attached hydrogens (tertiary/aromatic N) is 2. The third-order valence-electron chi connectivity index (χ3n) is 4.01. The molecule has 122 valence electrons. The van der Waals surface area contributed by atoms with Crippen LogP contribution >= 0.6 is 0 Å². The maximum absolute atomic E-state index is 12.6. The highest BCUT2D eigenvalue weighted by Crippen LogP contribution is 2.28. The van der Waals surface area contributed by atoms with Crippen molar-refractivity contribution < 1.29 is 4.79 Å². The van der Waals surface area contributed by atoms with Crippen molar-refractivity contribution in [2.24, 2.45) is 12.8 Å². The van der Waals surface area contributed by atoms with E-state index < -0.39 is 6.04 Å². The number of anilines is 1.